The van der Waals surface area contributed by atoms with Crippen molar-refractivity contribution in [1.29, 1.82) is 0 Å². The molecular weight excluding hydrogens is 1970 g/mol. The lowest BCUT2D eigenvalue weighted by Gasteiger charge is -2.40. The number of hydrogen-bond donors (Lipinski definition) is 8. The van der Waals surface area contributed by atoms with E-state index in [4.69, 9.17) is 9.47 Å². The fourth-order valence-electron chi connectivity index (χ4n) is 19.6. The second kappa shape index (κ2) is 58.0. The number of hydrogen-bond acceptors (Lipinski definition) is 26. The molecule has 5 aliphatic rings. The third-order valence-electron chi connectivity index (χ3n) is 30.3. The highest BCUT2D eigenvalue weighted by molar-refractivity contribution is 7.11. The topological polar surface area (TPSA) is 423 Å². The van der Waals surface area contributed by atoms with Gasteiger partial charge in [-0.2, -0.15) is 13.2 Å². The summed E-state index contributed by atoms with van der Waals surface area (Å²) in [4.78, 5) is 159. The number of aromatic nitrogens is 8. The lowest BCUT2D eigenvalue weighted by molar-refractivity contribution is -0.183. The van der Waals surface area contributed by atoms with E-state index in [2.05, 4.69) is 87.8 Å². The van der Waals surface area contributed by atoms with Crippen LogP contribution in [-0.4, -0.2) is 171 Å². The number of ketones is 4. The van der Waals surface area contributed by atoms with Crippen LogP contribution < -0.4 is 42.5 Å². The molecule has 1 saturated heterocycles. The molecular formula is C110H150F4N16O14S4. The smallest absolute Gasteiger partial charge is 0.381 e. The number of benzene rings is 4. The largest absolute Gasteiger partial charge is 0.400 e. The summed E-state index contributed by atoms with van der Waals surface area (Å²) < 4.78 is 84.5. The first-order valence-corrected chi connectivity index (χ1v) is 55.8. The number of halogens is 4. The van der Waals surface area contributed by atoms with Crippen LogP contribution in [-0.2, 0) is 67.0 Å². The second-order valence-corrected chi connectivity index (χ2v) is 44.6. The fraction of sp³-hybridized carbons (Fsp3) is 0.600. The van der Waals surface area contributed by atoms with Crippen LogP contribution in [0.2, 0.25) is 0 Å². The molecule has 13 rings (SSSR count). The van der Waals surface area contributed by atoms with Crippen molar-refractivity contribution in [1.82, 2.24) is 59.6 Å². The van der Waals surface area contributed by atoms with Crippen LogP contribution in [0.15, 0.2) is 121 Å². The highest BCUT2D eigenvalue weighted by Crippen LogP contribution is 2.45. The van der Waals surface area contributed by atoms with Gasteiger partial charge in [0.2, 0.25) is 47.3 Å². The Bertz CT molecular complexity index is 5420. The minimum absolute atomic E-state index is 0.000991. The monoisotopic (exact) mass is 2120 g/mol. The van der Waals surface area contributed by atoms with Crippen LogP contribution in [0.5, 0.6) is 0 Å². The summed E-state index contributed by atoms with van der Waals surface area (Å²) in [5.41, 5.74) is 1.76. The van der Waals surface area contributed by atoms with Gasteiger partial charge in [-0.3, -0.25) is 57.5 Å². The number of carbonyl (C=O) groups is 12. The van der Waals surface area contributed by atoms with Gasteiger partial charge in [0.25, 0.3) is 0 Å². The molecule has 8 aromatic rings. The Balaban J connectivity index is 0.000000202. The first kappa shape index (κ1) is 119. The Morgan fingerprint density at radius 3 is 0.858 bits per heavy atom. The summed E-state index contributed by atoms with van der Waals surface area (Å²) in [6.07, 6.45) is 16.6. The predicted octanol–water partition coefficient (Wildman–Crippen LogP) is 21.9. The number of amides is 8. The van der Waals surface area contributed by atoms with Crippen molar-refractivity contribution >= 4 is 137 Å². The molecule has 0 unspecified atom stereocenters. The zero-order valence-electron chi connectivity index (χ0n) is 87.9. The first-order chi connectivity index (χ1) is 70.7. The van der Waals surface area contributed by atoms with Crippen LogP contribution in [0.4, 0.5) is 37.6 Å². The van der Waals surface area contributed by atoms with Gasteiger partial charge in [-0.05, 0) is 147 Å². The van der Waals surface area contributed by atoms with E-state index in [9.17, 15) is 70.7 Å². The summed E-state index contributed by atoms with van der Waals surface area (Å²) in [6.45, 7) is 24.4. The standard InChI is InChI=1S/C30H42N4O4S.C28H40N4O4S.C27H37FN4O3S.C25H31F3N4O3S/c1-4-20(2)27(36)31-25(21-11-7-5-8-12-21)24(35)19-23(30(3)15-17-38-18-16-30)28(37)32-29-26(33-34-39-29)22-13-9-6-10-14-22;1-6-18(2)25(34)29-23(19-13-9-7-10-14-19)22(33)17-21(28(3,4)36-5)26(35)30-27-24(31-32-37-27)20-15-11-8-12-16-20;1-5-17(2)24(34)29-22(18-12-8-6-9-13-18)21(33)16-20(27(3,4)28)25(35)30-26-23(31-32-36-26)19-14-10-7-11-15-19;1-3-15(2)22(34)29-20(16-10-6-4-7-11-16)19(33)14-18(25(26,27)28)23(35)30-24-21(31-32-36-24)17-12-8-5-9-13-17/h6,9-10,13-14,20-21,23,25H,4-5,7-8,11-12,15-19H2,1-3H3,(H,31,36)(H,32,37);8,11-12,15-16,18-19,21,23H,6-7,9-10,13-14,17H2,1-5H3,(H,29,34)(H,30,35);7,10-11,14-15,17-18,20,22H,5-6,8-9,12-13,16H2,1-4H3,(H,29,34)(H,30,35);5,8-9,12-13,15-16,18,20H,3-4,6-7,10-11,14H2,1-2H3,(H,29,34)(H,30,35)/t20-,23-,25+;18-,21-,23+;17-,20-,22+;15-,18-,20+/m1111/s1. The van der Waals surface area contributed by atoms with Crippen LogP contribution >= 0.6 is 46.1 Å². The summed E-state index contributed by atoms with van der Waals surface area (Å²) >= 11 is 4.00. The van der Waals surface area contributed by atoms with Gasteiger partial charge < -0.3 is 52.0 Å². The zero-order valence-corrected chi connectivity index (χ0v) is 91.1. The molecule has 4 aromatic heterocycles. The maximum absolute atomic E-state index is 15.3. The van der Waals surface area contributed by atoms with Crippen LogP contribution in [0.1, 0.15) is 283 Å². The van der Waals surface area contributed by atoms with E-state index in [-0.39, 0.29) is 130 Å². The Hall–Kier alpha value is -10.8. The summed E-state index contributed by atoms with van der Waals surface area (Å²) in [5, 5.41) is 41.0. The molecule has 806 valence electrons. The number of carbonyl (C=O) groups excluding carboxylic acids is 12. The van der Waals surface area contributed by atoms with Crippen LogP contribution in [0.25, 0.3) is 45.0 Å². The van der Waals surface area contributed by atoms with E-state index in [1.165, 1.54) is 21.0 Å². The van der Waals surface area contributed by atoms with Gasteiger partial charge in [-0.25, -0.2) is 4.39 Å². The molecule has 4 saturated carbocycles. The Morgan fingerprint density at radius 1 is 0.358 bits per heavy atom. The number of rotatable bonds is 44. The molecule has 5 heterocycles. The lowest BCUT2D eigenvalue weighted by atomic mass is 9.68. The van der Waals surface area contributed by atoms with Gasteiger partial charge >= 0.3 is 6.18 Å². The normalized spacial score (nSPS) is 17.9. The predicted molar refractivity (Wildman–Crippen MR) is 571 cm³/mol. The van der Waals surface area contributed by atoms with Gasteiger partial charge in [0.1, 0.15) is 54.4 Å². The quantitative estimate of drug-likeness (QED) is 0.0164. The molecule has 4 aliphatic carbocycles. The third kappa shape index (κ3) is 34.4. The average Bonchev–Trinajstić information content (AvgIpc) is 1.14. The summed E-state index contributed by atoms with van der Waals surface area (Å²) in [7, 11) is 1.54. The van der Waals surface area contributed by atoms with Crippen molar-refractivity contribution in [2.75, 3.05) is 41.6 Å². The molecule has 0 radical (unpaired) electrons. The highest BCUT2D eigenvalue weighted by atomic mass is 32.1. The summed E-state index contributed by atoms with van der Waals surface area (Å²) in [6, 6.07) is 34.1. The van der Waals surface area contributed by atoms with E-state index in [1.54, 1.807) is 51.1 Å². The van der Waals surface area contributed by atoms with Crippen LogP contribution in [0.3, 0.4) is 0 Å². The van der Waals surface area contributed by atoms with E-state index < -0.39 is 94.7 Å². The van der Waals surface area contributed by atoms with Gasteiger partial charge in [0, 0.05) is 138 Å². The van der Waals surface area contributed by atoms with Crippen LogP contribution in [0, 0.1) is 76.4 Å². The zero-order chi connectivity index (χ0) is 107. The van der Waals surface area contributed by atoms with Gasteiger partial charge in [-0.15, -0.1) is 20.4 Å². The van der Waals surface area contributed by atoms with Crippen molar-refractivity contribution in [3.05, 3.63) is 121 Å². The third-order valence-corrected chi connectivity index (χ3v) is 32.9. The van der Waals surface area contributed by atoms with Gasteiger partial charge in [-0.1, -0.05) is 279 Å². The molecule has 5 fully saturated rings. The van der Waals surface area contributed by atoms with Crippen molar-refractivity contribution < 1.29 is 84.6 Å². The molecule has 38 heteroatoms. The number of methoxy groups -OCH3 is 1. The van der Waals surface area contributed by atoms with Gasteiger partial charge in [0.05, 0.1) is 47.5 Å². The van der Waals surface area contributed by atoms with Crippen molar-refractivity contribution in [3.63, 3.8) is 0 Å². The molecule has 0 bridgehead atoms. The molecule has 0 spiro atoms. The van der Waals surface area contributed by atoms with E-state index >= 15 is 4.39 Å². The molecule has 30 nitrogen and oxygen atoms in total. The SMILES string of the molecule is CC[C@@H](C)C(=O)N[C@H](C(=O)C[C@H](C(=O)Nc1snnc1-c1ccccc1)C(C)(C)F)C1CCCCC1.CC[C@@H](C)C(=O)N[C@H](C(=O)C[C@H](C(=O)Nc1snnc1-c1ccccc1)C(C)(C)OC)C1CCCCC1.CC[C@@H](C)C(=O)N[C@H](C(=O)C[C@H](C(=O)Nc1snnc1-c1ccccc1)C(F)(F)F)C1CCCCC1.CC[C@@H](C)C(=O)N[C@H](C(=O)C[C@H](C(=O)Nc1snnc1-c1ccccc1)C1(C)CCOCC1)C1CCCCC1. The number of anilines is 4. The maximum Gasteiger partial charge on any atom is 0.400 e. The average molecular weight is 2120 g/mol. The number of alkyl halides is 4. The minimum atomic E-state index is -4.96. The molecule has 12 atom stereocenters. The number of Topliss-reactive ketones (excluding diaryl/α,β-unsaturated/α-hetero) is 4. The van der Waals surface area contributed by atoms with E-state index in [0.717, 1.165) is 178 Å². The molecule has 148 heavy (non-hydrogen) atoms. The Labute approximate surface area is 883 Å². The lowest BCUT2D eigenvalue weighted by Crippen LogP contribution is -2.51. The summed E-state index contributed by atoms with van der Waals surface area (Å²) in [5.74, 6) is -10.6. The van der Waals surface area contributed by atoms with E-state index in [0.29, 0.717) is 102 Å². The second-order valence-electron chi connectivity index (χ2n) is 41.6. The Morgan fingerprint density at radius 2 is 0.601 bits per heavy atom. The van der Waals surface area contributed by atoms with E-state index in [1.807, 2.05) is 139 Å². The van der Waals surface area contributed by atoms with Crippen molar-refractivity contribution in [2.45, 2.75) is 324 Å². The van der Waals surface area contributed by atoms with Crippen molar-refractivity contribution in [3.8, 4) is 45.0 Å². The molecule has 4 aromatic carbocycles. The van der Waals surface area contributed by atoms with Crippen molar-refractivity contribution in [2.24, 2.45) is 76.4 Å². The minimum Gasteiger partial charge on any atom is -0.381 e. The number of nitrogens with one attached hydrogen (secondary N) is 8. The molecule has 8 amide bonds. The highest BCUT2D eigenvalue weighted by Gasteiger charge is 2.50. The first-order valence-electron chi connectivity index (χ1n) is 52.7. The maximum atomic E-state index is 15.3. The fourth-order valence-corrected chi connectivity index (χ4v) is 22.0. The Kier molecular flexibility index (Phi) is 46.7. The van der Waals surface area contributed by atoms with Gasteiger partial charge in [0.15, 0.2) is 23.1 Å². The number of ether oxygens (including phenoxy) is 2. The molecule has 1 aliphatic heterocycles. The number of nitrogens with zero attached hydrogens (tertiary/aromatic N) is 8. The molecule has 8 N–H and O–H groups in total.